The standard InChI is InChI=1S/C12H15FN2O2/c13-8-3-4-11(16)10(6-8)12(17)15-5-1-2-9(14)7-15/h3-4,6,9,16H,1-2,5,7,14H2/t9-/m1/s1. The van der Waals surface area contributed by atoms with Gasteiger partial charge in [0, 0.05) is 19.1 Å². The summed E-state index contributed by atoms with van der Waals surface area (Å²) in [4.78, 5) is 13.6. The highest BCUT2D eigenvalue weighted by Gasteiger charge is 2.24. The molecule has 0 bridgehead atoms. The van der Waals surface area contributed by atoms with E-state index in [0.717, 1.165) is 25.0 Å². The van der Waals surface area contributed by atoms with Gasteiger partial charge in [-0.2, -0.15) is 0 Å². The molecular formula is C12H15FN2O2. The summed E-state index contributed by atoms with van der Waals surface area (Å²) in [6.07, 6.45) is 1.72. The Hall–Kier alpha value is -1.62. The number of hydrogen-bond donors (Lipinski definition) is 2. The lowest BCUT2D eigenvalue weighted by Gasteiger charge is -2.30. The number of amides is 1. The Labute approximate surface area is 98.8 Å². The maximum Gasteiger partial charge on any atom is 0.257 e. The molecule has 0 saturated carbocycles. The molecule has 0 radical (unpaired) electrons. The quantitative estimate of drug-likeness (QED) is 0.769. The molecule has 1 aliphatic heterocycles. The zero-order valence-corrected chi connectivity index (χ0v) is 9.40. The first-order chi connectivity index (χ1) is 8.08. The van der Waals surface area contributed by atoms with Crippen molar-refractivity contribution in [3.63, 3.8) is 0 Å². The predicted octanol–water partition coefficient (Wildman–Crippen LogP) is 1.09. The van der Waals surface area contributed by atoms with Crippen LogP contribution in [-0.2, 0) is 0 Å². The molecule has 4 nitrogen and oxygen atoms in total. The number of nitrogens with zero attached hydrogens (tertiary/aromatic N) is 1. The molecule has 1 amide bonds. The highest BCUT2D eigenvalue weighted by Crippen LogP contribution is 2.21. The third-order valence-electron chi connectivity index (χ3n) is 2.93. The van der Waals surface area contributed by atoms with Crippen LogP contribution < -0.4 is 5.73 Å². The minimum Gasteiger partial charge on any atom is -0.507 e. The van der Waals surface area contributed by atoms with Crippen LogP contribution in [0.15, 0.2) is 18.2 Å². The van der Waals surface area contributed by atoms with E-state index in [-0.39, 0.29) is 23.3 Å². The van der Waals surface area contributed by atoms with Crippen molar-refractivity contribution >= 4 is 5.91 Å². The highest BCUT2D eigenvalue weighted by atomic mass is 19.1. The highest BCUT2D eigenvalue weighted by molar-refractivity contribution is 5.96. The number of phenols is 1. The smallest absolute Gasteiger partial charge is 0.257 e. The third kappa shape index (κ3) is 2.55. The van der Waals surface area contributed by atoms with Gasteiger partial charge < -0.3 is 15.7 Å². The molecule has 0 aliphatic carbocycles. The van der Waals surface area contributed by atoms with Crippen LogP contribution in [0.4, 0.5) is 4.39 Å². The van der Waals surface area contributed by atoms with E-state index >= 15 is 0 Å². The molecule has 1 aromatic rings. The lowest BCUT2D eigenvalue weighted by atomic mass is 10.0. The maximum atomic E-state index is 13.0. The molecule has 3 N–H and O–H groups in total. The van der Waals surface area contributed by atoms with Crippen LogP contribution in [0.3, 0.4) is 0 Å². The van der Waals surface area contributed by atoms with Crippen LogP contribution in [0.5, 0.6) is 5.75 Å². The normalized spacial score (nSPS) is 20.4. The lowest BCUT2D eigenvalue weighted by molar-refractivity contribution is 0.0705. The van der Waals surface area contributed by atoms with Crippen molar-refractivity contribution in [2.45, 2.75) is 18.9 Å². The summed E-state index contributed by atoms with van der Waals surface area (Å²) in [7, 11) is 0. The second kappa shape index (κ2) is 4.71. The van der Waals surface area contributed by atoms with Gasteiger partial charge in [-0.25, -0.2) is 4.39 Å². The molecular weight excluding hydrogens is 223 g/mol. The fraction of sp³-hybridized carbons (Fsp3) is 0.417. The van der Waals surface area contributed by atoms with Gasteiger partial charge in [0.15, 0.2) is 0 Å². The van der Waals surface area contributed by atoms with Gasteiger partial charge in [0.25, 0.3) is 5.91 Å². The SMILES string of the molecule is N[C@@H]1CCCN(C(=O)c2cc(F)ccc2O)C1. The number of halogens is 1. The maximum absolute atomic E-state index is 13.0. The van der Waals surface area contributed by atoms with Crippen molar-refractivity contribution in [3.05, 3.63) is 29.6 Å². The number of rotatable bonds is 1. The summed E-state index contributed by atoms with van der Waals surface area (Å²) in [6, 6.07) is 3.32. The fourth-order valence-electron chi connectivity index (χ4n) is 2.04. The van der Waals surface area contributed by atoms with Crippen LogP contribution >= 0.6 is 0 Å². The molecule has 1 saturated heterocycles. The molecule has 5 heteroatoms. The van der Waals surface area contributed by atoms with Gasteiger partial charge in [-0.05, 0) is 31.0 Å². The van der Waals surface area contributed by atoms with E-state index in [0.29, 0.717) is 13.1 Å². The molecule has 17 heavy (non-hydrogen) atoms. The zero-order valence-electron chi connectivity index (χ0n) is 9.40. The Bertz CT molecular complexity index is 437. The molecule has 1 aromatic carbocycles. The molecule has 92 valence electrons. The molecule has 1 fully saturated rings. The first-order valence-electron chi connectivity index (χ1n) is 5.61. The van der Waals surface area contributed by atoms with E-state index in [1.54, 1.807) is 4.90 Å². The minimum atomic E-state index is -0.535. The van der Waals surface area contributed by atoms with E-state index in [9.17, 15) is 14.3 Å². The van der Waals surface area contributed by atoms with Crippen LogP contribution in [-0.4, -0.2) is 35.0 Å². The first-order valence-corrected chi connectivity index (χ1v) is 5.61. The fourth-order valence-corrected chi connectivity index (χ4v) is 2.04. The van der Waals surface area contributed by atoms with Crippen LogP contribution in [0.1, 0.15) is 23.2 Å². The molecule has 0 aromatic heterocycles. The van der Waals surface area contributed by atoms with Crippen LogP contribution in [0, 0.1) is 5.82 Å². The van der Waals surface area contributed by atoms with Gasteiger partial charge in [-0.15, -0.1) is 0 Å². The topological polar surface area (TPSA) is 66.6 Å². The zero-order chi connectivity index (χ0) is 12.4. The summed E-state index contributed by atoms with van der Waals surface area (Å²) in [5.74, 6) is -1.10. The first kappa shape index (κ1) is 11.9. The molecule has 1 heterocycles. The third-order valence-corrected chi connectivity index (χ3v) is 2.93. The number of phenolic OH excluding ortho intramolecular Hbond substituents is 1. The van der Waals surface area contributed by atoms with Crippen LogP contribution in [0.2, 0.25) is 0 Å². The Morgan fingerprint density at radius 3 is 3.00 bits per heavy atom. The van der Waals surface area contributed by atoms with Gasteiger partial charge in [-0.1, -0.05) is 0 Å². The van der Waals surface area contributed by atoms with E-state index in [2.05, 4.69) is 0 Å². The number of nitrogens with two attached hydrogens (primary N) is 1. The summed E-state index contributed by atoms with van der Waals surface area (Å²) >= 11 is 0. The largest absolute Gasteiger partial charge is 0.507 e. The monoisotopic (exact) mass is 238 g/mol. The van der Waals surface area contributed by atoms with Gasteiger partial charge >= 0.3 is 0 Å². The van der Waals surface area contributed by atoms with Crippen molar-refractivity contribution in [2.75, 3.05) is 13.1 Å². The van der Waals surface area contributed by atoms with Gasteiger partial charge in [-0.3, -0.25) is 4.79 Å². The van der Waals surface area contributed by atoms with Crippen molar-refractivity contribution in [1.29, 1.82) is 0 Å². The molecule has 2 rings (SSSR count). The predicted molar refractivity (Wildman–Crippen MR) is 61.2 cm³/mol. The van der Waals surface area contributed by atoms with Crippen molar-refractivity contribution in [2.24, 2.45) is 5.73 Å². The summed E-state index contributed by atoms with van der Waals surface area (Å²) < 4.78 is 13.0. The number of hydrogen-bond acceptors (Lipinski definition) is 3. The molecule has 1 aliphatic rings. The van der Waals surface area contributed by atoms with E-state index in [4.69, 9.17) is 5.73 Å². The van der Waals surface area contributed by atoms with Gasteiger partial charge in [0.1, 0.15) is 11.6 Å². The van der Waals surface area contributed by atoms with Crippen molar-refractivity contribution < 1.29 is 14.3 Å². The minimum absolute atomic E-state index is 0.000833. The van der Waals surface area contributed by atoms with E-state index in [1.807, 2.05) is 0 Å². The Morgan fingerprint density at radius 2 is 2.29 bits per heavy atom. The van der Waals surface area contributed by atoms with Gasteiger partial charge in [0.2, 0.25) is 0 Å². The number of carbonyl (C=O) groups is 1. The van der Waals surface area contributed by atoms with Crippen LogP contribution in [0.25, 0.3) is 0 Å². The average Bonchev–Trinajstić information content (AvgIpc) is 2.31. The number of carbonyl (C=O) groups excluding carboxylic acids is 1. The Kier molecular flexibility index (Phi) is 3.28. The molecule has 1 atom stereocenters. The lowest BCUT2D eigenvalue weighted by Crippen LogP contribution is -2.45. The van der Waals surface area contributed by atoms with Gasteiger partial charge in [0.05, 0.1) is 5.56 Å². The van der Waals surface area contributed by atoms with E-state index in [1.165, 1.54) is 6.07 Å². The summed E-state index contributed by atoms with van der Waals surface area (Å²) in [5, 5.41) is 9.56. The Morgan fingerprint density at radius 1 is 1.53 bits per heavy atom. The number of benzene rings is 1. The second-order valence-corrected chi connectivity index (χ2v) is 4.31. The number of likely N-dealkylation sites (tertiary alicyclic amines) is 1. The number of piperidine rings is 1. The van der Waals surface area contributed by atoms with Crippen molar-refractivity contribution in [1.82, 2.24) is 4.90 Å². The second-order valence-electron chi connectivity index (χ2n) is 4.31. The van der Waals surface area contributed by atoms with Crippen molar-refractivity contribution in [3.8, 4) is 5.75 Å². The van der Waals surface area contributed by atoms with E-state index < -0.39 is 5.82 Å². The Balaban J connectivity index is 2.21. The molecule has 0 spiro atoms. The summed E-state index contributed by atoms with van der Waals surface area (Å²) in [6.45, 7) is 1.05. The number of aromatic hydroxyl groups is 1. The average molecular weight is 238 g/mol. The summed E-state index contributed by atoms with van der Waals surface area (Å²) in [5.41, 5.74) is 5.78. The molecule has 0 unspecified atom stereocenters.